The molecule has 0 aliphatic carbocycles. The number of rotatable bonds is 8. The van der Waals surface area contributed by atoms with E-state index in [1.165, 1.54) is 11.3 Å². The summed E-state index contributed by atoms with van der Waals surface area (Å²) in [7, 11) is 0. The number of ether oxygens (including phenoxy) is 1. The van der Waals surface area contributed by atoms with Gasteiger partial charge in [-0.15, -0.1) is 11.3 Å². The predicted octanol–water partition coefficient (Wildman–Crippen LogP) is 0.613. The van der Waals surface area contributed by atoms with Crippen molar-refractivity contribution in [3.8, 4) is 0 Å². The second-order valence-electron chi connectivity index (χ2n) is 7.84. The number of thiazole rings is 1. The standard InChI is InChI=1S/C21H27N5O6S/c1-12(17(27)23-13(2)20(30)31)22-19(29)16-11-33-21(25-16)26-7-3-14(4-8-26)18(28)24-15-5-9-32-10-6-15/h11,14-15H,1-10H2,(H,22,29)(H,23,27)(H,24,28)(H,30,31). The van der Waals surface area contributed by atoms with Gasteiger partial charge in [-0.25, -0.2) is 9.78 Å². The van der Waals surface area contributed by atoms with Gasteiger partial charge in [0.25, 0.3) is 11.8 Å². The zero-order valence-electron chi connectivity index (χ0n) is 18.1. The molecule has 11 nitrogen and oxygen atoms in total. The Kier molecular flexibility index (Phi) is 8.17. The van der Waals surface area contributed by atoms with Crippen molar-refractivity contribution < 1.29 is 29.0 Å². The van der Waals surface area contributed by atoms with Crippen molar-refractivity contribution in [3.05, 3.63) is 35.6 Å². The van der Waals surface area contributed by atoms with Crippen LogP contribution in [0.5, 0.6) is 0 Å². The van der Waals surface area contributed by atoms with E-state index >= 15 is 0 Å². The summed E-state index contributed by atoms with van der Waals surface area (Å²) in [6.07, 6.45) is 3.08. The number of hydrogen-bond acceptors (Lipinski definition) is 8. The molecule has 0 unspecified atom stereocenters. The molecule has 0 atom stereocenters. The van der Waals surface area contributed by atoms with Gasteiger partial charge >= 0.3 is 5.97 Å². The molecule has 2 aliphatic rings. The molecule has 0 saturated carbocycles. The second-order valence-corrected chi connectivity index (χ2v) is 8.68. The summed E-state index contributed by atoms with van der Waals surface area (Å²) >= 11 is 1.29. The van der Waals surface area contributed by atoms with Gasteiger partial charge in [0.05, 0.1) is 5.70 Å². The summed E-state index contributed by atoms with van der Waals surface area (Å²) in [5.74, 6) is -2.87. The van der Waals surface area contributed by atoms with E-state index in [1.807, 2.05) is 10.2 Å². The number of amides is 3. The predicted molar refractivity (Wildman–Crippen MR) is 121 cm³/mol. The van der Waals surface area contributed by atoms with Crippen LogP contribution < -0.4 is 20.9 Å². The lowest BCUT2D eigenvalue weighted by molar-refractivity contribution is -0.134. The van der Waals surface area contributed by atoms with Crippen LogP contribution in [0.15, 0.2) is 29.9 Å². The van der Waals surface area contributed by atoms with Gasteiger partial charge in [0.15, 0.2) is 5.13 Å². The number of aliphatic carboxylic acids is 1. The van der Waals surface area contributed by atoms with Crippen LogP contribution in [0.1, 0.15) is 36.2 Å². The maximum atomic E-state index is 12.5. The van der Waals surface area contributed by atoms with E-state index < -0.39 is 23.5 Å². The summed E-state index contributed by atoms with van der Waals surface area (Å²) in [6, 6.07) is 0.184. The minimum Gasteiger partial charge on any atom is -0.477 e. The van der Waals surface area contributed by atoms with Crippen molar-refractivity contribution in [3.63, 3.8) is 0 Å². The lowest BCUT2D eigenvalue weighted by Gasteiger charge is -2.32. The van der Waals surface area contributed by atoms with Crippen LogP contribution in [0.25, 0.3) is 0 Å². The van der Waals surface area contributed by atoms with Crippen molar-refractivity contribution >= 4 is 40.2 Å². The fourth-order valence-electron chi connectivity index (χ4n) is 3.53. The normalized spacial score (nSPS) is 17.2. The van der Waals surface area contributed by atoms with Crippen molar-refractivity contribution in [2.24, 2.45) is 5.92 Å². The van der Waals surface area contributed by atoms with E-state index in [2.05, 4.69) is 28.8 Å². The van der Waals surface area contributed by atoms with Gasteiger partial charge in [-0.3, -0.25) is 14.4 Å². The first-order valence-corrected chi connectivity index (χ1v) is 11.4. The SMILES string of the molecule is C=C(NC(=O)C(=C)NC(=O)c1csc(N2CCC(C(=O)NC3CCOCC3)CC2)n1)C(=O)O. The Balaban J connectivity index is 1.47. The first-order valence-electron chi connectivity index (χ1n) is 10.6. The fourth-order valence-corrected chi connectivity index (χ4v) is 4.39. The van der Waals surface area contributed by atoms with Gasteiger partial charge in [0.2, 0.25) is 5.91 Å². The molecule has 33 heavy (non-hydrogen) atoms. The van der Waals surface area contributed by atoms with Crippen LogP contribution in [-0.4, -0.2) is 66.1 Å². The summed E-state index contributed by atoms with van der Waals surface area (Å²) in [6.45, 7) is 9.27. The van der Waals surface area contributed by atoms with Crippen molar-refractivity contribution in [1.29, 1.82) is 0 Å². The van der Waals surface area contributed by atoms with Gasteiger partial charge in [0.1, 0.15) is 11.4 Å². The van der Waals surface area contributed by atoms with Crippen molar-refractivity contribution in [2.45, 2.75) is 31.7 Å². The number of carboxylic acids is 1. The molecule has 1 aromatic heterocycles. The third-order valence-electron chi connectivity index (χ3n) is 5.49. The van der Waals surface area contributed by atoms with E-state index in [-0.39, 0.29) is 29.3 Å². The Morgan fingerprint density at radius 3 is 2.36 bits per heavy atom. The van der Waals surface area contributed by atoms with Gasteiger partial charge < -0.3 is 30.7 Å². The molecule has 2 aliphatic heterocycles. The topological polar surface area (TPSA) is 150 Å². The van der Waals surface area contributed by atoms with E-state index in [0.717, 1.165) is 12.8 Å². The van der Waals surface area contributed by atoms with E-state index in [1.54, 1.807) is 5.38 Å². The largest absolute Gasteiger partial charge is 0.477 e. The molecule has 4 N–H and O–H groups in total. The van der Waals surface area contributed by atoms with Crippen molar-refractivity contribution in [2.75, 3.05) is 31.2 Å². The number of hydrogen-bond donors (Lipinski definition) is 4. The van der Waals surface area contributed by atoms with Crippen LogP contribution in [0.3, 0.4) is 0 Å². The molecule has 0 radical (unpaired) electrons. The Bertz CT molecular complexity index is 947. The molecule has 3 heterocycles. The Labute approximate surface area is 194 Å². The molecule has 2 fully saturated rings. The summed E-state index contributed by atoms with van der Waals surface area (Å²) in [5.41, 5.74) is -0.745. The molecular weight excluding hydrogens is 450 g/mol. The molecule has 0 aromatic carbocycles. The third-order valence-corrected chi connectivity index (χ3v) is 6.39. The van der Waals surface area contributed by atoms with Crippen LogP contribution in [0.2, 0.25) is 0 Å². The summed E-state index contributed by atoms with van der Waals surface area (Å²) < 4.78 is 5.32. The number of aromatic nitrogens is 1. The second kappa shape index (κ2) is 11.1. The number of carboxylic acid groups (broad SMARTS) is 1. The Morgan fingerprint density at radius 1 is 1.06 bits per heavy atom. The molecule has 1 aromatic rings. The molecule has 3 rings (SSSR count). The summed E-state index contributed by atoms with van der Waals surface area (Å²) in [5, 5.41) is 18.4. The first-order chi connectivity index (χ1) is 15.7. The smallest absolute Gasteiger partial charge is 0.351 e. The molecule has 0 spiro atoms. The number of carbonyl (C=O) groups is 4. The number of anilines is 1. The highest BCUT2D eigenvalue weighted by molar-refractivity contribution is 7.13. The maximum Gasteiger partial charge on any atom is 0.351 e. The van der Waals surface area contributed by atoms with Gasteiger partial charge in [-0.1, -0.05) is 13.2 Å². The third kappa shape index (κ3) is 6.62. The first kappa shape index (κ1) is 24.4. The molecular formula is C21H27N5O6S. The quantitative estimate of drug-likeness (QED) is 0.398. The van der Waals surface area contributed by atoms with Crippen LogP contribution in [-0.2, 0) is 19.1 Å². The van der Waals surface area contributed by atoms with Crippen molar-refractivity contribution in [1.82, 2.24) is 20.9 Å². The van der Waals surface area contributed by atoms with Gasteiger partial charge in [-0.2, -0.15) is 0 Å². The van der Waals surface area contributed by atoms with E-state index in [4.69, 9.17) is 9.84 Å². The number of nitrogens with zero attached hydrogens (tertiary/aromatic N) is 2. The molecule has 0 bridgehead atoms. The average molecular weight is 478 g/mol. The number of nitrogens with one attached hydrogen (secondary N) is 3. The molecule has 12 heteroatoms. The number of carbonyl (C=O) groups excluding carboxylic acids is 3. The monoisotopic (exact) mass is 477 g/mol. The summed E-state index contributed by atoms with van der Waals surface area (Å²) in [4.78, 5) is 53.9. The fraction of sp³-hybridized carbons (Fsp3) is 0.476. The molecule has 3 amide bonds. The van der Waals surface area contributed by atoms with Gasteiger partial charge in [-0.05, 0) is 25.7 Å². The highest BCUT2D eigenvalue weighted by Crippen LogP contribution is 2.27. The van der Waals surface area contributed by atoms with E-state index in [0.29, 0.717) is 44.3 Å². The highest BCUT2D eigenvalue weighted by atomic mass is 32.1. The Hall–Kier alpha value is -3.25. The molecule has 2 saturated heterocycles. The number of piperidine rings is 1. The van der Waals surface area contributed by atoms with Gasteiger partial charge in [0, 0.05) is 43.6 Å². The minimum absolute atomic E-state index is 0.0470. The maximum absolute atomic E-state index is 12.5. The highest BCUT2D eigenvalue weighted by Gasteiger charge is 2.28. The van der Waals surface area contributed by atoms with Crippen LogP contribution in [0, 0.1) is 5.92 Å². The zero-order chi connectivity index (χ0) is 24.0. The Morgan fingerprint density at radius 2 is 1.73 bits per heavy atom. The van der Waals surface area contributed by atoms with E-state index in [9.17, 15) is 19.2 Å². The minimum atomic E-state index is -1.39. The lowest BCUT2D eigenvalue weighted by atomic mass is 9.95. The van der Waals surface area contributed by atoms with Crippen LogP contribution >= 0.6 is 11.3 Å². The zero-order valence-corrected chi connectivity index (χ0v) is 18.9. The average Bonchev–Trinajstić information content (AvgIpc) is 3.30. The molecule has 178 valence electrons. The lowest BCUT2D eigenvalue weighted by Crippen LogP contribution is -2.45. The van der Waals surface area contributed by atoms with Crippen LogP contribution in [0.4, 0.5) is 5.13 Å².